The number of benzene rings is 3. The van der Waals surface area contributed by atoms with Crippen LogP contribution in [0, 0.1) is 11.6 Å². The van der Waals surface area contributed by atoms with Crippen molar-refractivity contribution in [3.05, 3.63) is 89.2 Å². The Morgan fingerprint density at radius 1 is 0.955 bits per heavy atom. The molecule has 2 fully saturated rings. The normalized spacial score (nSPS) is 17.6. The van der Waals surface area contributed by atoms with E-state index in [0.29, 0.717) is 35.1 Å². The van der Waals surface area contributed by atoms with Gasteiger partial charge < -0.3 is 14.2 Å². The molecule has 1 unspecified atom stereocenters. The molecule has 228 valence electrons. The first-order valence-corrected chi connectivity index (χ1v) is 14.8. The minimum Gasteiger partial charge on any atom is -0.450 e. The second-order valence-corrected chi connectivity index (χ2v) is 11.6. The van der Waals surface area contributed by atoms with Gasteiger partial charge in [0.1, 0.15) is 17.2 Å². The molecule has 1 atom stereocenters. The Labute approximate surface area is 254 Å². The van der Waals surface area contributed by atoms with E-state index in [2.05, 4.69) is 15.1 Å². The summed E-state index contributed by atoms with van der Waals surface area (Å²) in [4.78, 5) is 42.0. The molecule has 8 nitrogen and oxygen atoms in total. The van der Waals surface area contributed by atoms with E-state index >= 15 is 0 Å². The minimum absolute atomic E-state index is 0.0952. The first-order chi connectivity index (χ1) is 21.2. The number of nitrogens with one attached hydrogen (secondary N) is 1. The van der Waals surface area contributed by atoms with Gasteiger partial charge in [0.2, 0.25) is 11.8 Å². The Morgan fingerprint density at radius 2 is 1.70 bits per heavy atom. The zero-order valence-electron chi connectivity index (χ0n) is 24.7. The maximum absolute atomic E-state index is 14.9. The quantitative estimate of drug-likeness (QED) is 0.302. The number of hydrogen-bond donors (Lipinski definition) is 1. The number of carbonyl (C=O) groups is 3. The maximum atomic E-state index is 14.9. The van der Waals surface area contributed by atoms with E-state index in [9.17, 15) is 23.2 Å². The van der Waals surface area contributed by atoms with Gasteiger partial charge in [-0.2, -0.15) is 0 Å². The van der Waals surface area contributed by atoms with Crippen molar-refractivity contribution in [2.75, 3.05) is 51.7 Å². The zero-order valence-corrected chi connectivity index (χ0v) is 24.7. The smallest absolute Gasteiger partial charge is 0.289 e. The predicted octanol–water partition coefficient (Wildman–Crippen LogP) is 4.96. The molecule has 6 rings (SSSR count). The Morgan fingerprint density at radius 3 is 2.39 bits per heavy atom. The van der Waals surface area contributed by atoms with Gasteiger partial charge in [0, 0.05) is 70.6 Å². The number of anilines is 1. The lowest BCUT2D eigenvalue weighted by atomic mass is 9.89. The molecule has 3 heterocycles. The molecule has 0 aliphatic carbocycles. The lowest BCUT2D eigenvalue weighted by Crippen LogP contribution is -2.47. The monoisotopic (exact) mass is 600 g/mol. The van der Waals surface area contributed by atoms with E-state index in [1.165, 1.54) is 23.1 Å². The number of rotatable bonds is 7. The molecule has 10 heteroatoms. The lowest BCUT2D eigenvalue weighted by molar-refractivity contribution is -0.134. The van der Waals surface area contributed by atoms with Gasteiger partial charge >= 0.3 is 0 Å². The number of nitrogens with zero attached hydrogens (tertiary/aromatic N) is 3. The van der Waals surface area contributed by atoms with Crippen molar-refractivity contribution in [1.29, 1.82) is 0 Å². The van der Waals surface area contributed by atoms with Crippen molar-refractivity contribution in [3.8, 4) is 11.1 Å². The van der Waals surface area contributed by atoms with Crippen LogP contribution >= 0.6 is 0 Å². The lowest BCUT2D eigenvalue weighted by Gasteiger charge is -2.36. The van der Waals surface area contributed by atoms with Crippen LogP contribution in [0.1, 0.15) is 40.4 Å². The molecule has 4 aromatic rings. The number of imide groups is 1. The standard InChI is InChI=1S/C34H34F2N4O4/c1-38(2)34(43)30-20-27-28(35)11-9-25(32(27)44-30)21-5-7-24(8-6-21)40-17-15-39(16-18-40)14-13-22-3-4-23(19-29(22)36)26-10-12-31(41)37-33(26)42/h3-9,11,19-20,26H,10,12-18H2,1-2H3,(H,37,41,42). The van der Waals surface area contributed by atoms with Gasteiger partial charge in [-0.15, -0.1) is 0 Å². The Bertz CT molecular complexity index is 1730. The van der Waals surface area contributed by atoms with Crippen LogP contribution in [0.2, 0.25) is 0 Å². The van der Waals surface area contributed by atoms with Gasteiger partial charge in [0.05, 0.1) is 11.3 Å². The third-order valence-electron chi connectivity index (χ3n) is 8.58. The summed E-state index contributed by atoms with van der Waals surface area (Å²) >= 11 is 0. The third kappa shape index (κ3) is 5.94. The van der Waals surface area contributed by atoms with Crippen molar-refractivity contribution in [2.24, 2.45) is 0 Å². The molecular weight excluding hydrogens is 566 g/mol. The van der Waals surface area contributed by atoms with Crippen molar-refractivity contribution < 1.29 is 27.6 Å². The molecule has 0 radical (unpaired) electrons. The number of piperazine rings is 1. The molecule has 2 saturated heterocycles. The number of furan rings is 1. The fourth-order valence-electron chi connectivity index (χ4n) is 6.00. The van der Waals surface area contributed by atoms with Crippen molar-refractivity contribution in [1.82, 2.24) is 15.1 Å². The summed E-state index contributed by atoms with van der Waals surface area (Å²) in [6, 6.07) is 17.5. The van der Waals surface area contributed by atoms with Gasteiger partial charge in [-0.05, 0) is 59.9 Å². The average molecular weight is 601 g/mol. The number of carbonyl (C=O) groups excluding carboxylic acids is 3. The largest absolute Gasteiger partial charge is 0.450 e. The molecular formula is C34H34F2N4O4. The van der Waals surface area contributed by atoms with Crippen LogP contribution in [0.15, 0.2) is 65.1 Å². The molecule has 44 heavy (non-hydrogen) atoms. The highest BCUT2D eigenvalue weighted by molar-refractivity contribution is 6.01. The summed E-state index contributed by atoms with van der Waals surface area (Å²) in [5.41, 5.74) is 4.22. The third-order valence-corrected chi connectivity index (χ3v) is 8.58. The van der Waals surface area contributed by atoms with E-state index in [4.69, 9.17) is 4.42 Å². The molecule has 1 aromatic heterocycles. The fraction of sp³-hybridized carbons (Fsp3) is 0.324. The number of halogens is 2. The van der Waals surface area contributed by atoms with Crippen LogP contribution in [0.4, 0.5) is 14.5 Å². The molecule has 1 N–H and O–H groups in total. The average Bonchev–Trinajstić information content (AvgIpc) is 3.47. The first kappa shape index (κ1) is 29.5. The highest BCUT2D eigenvalue weighted by Crippen LogP contribution is 2.34. The van der Waals surface area contributed by atoms with E-state index in [1.54, 1.807) is 32.3 Å². The van der Waals surface area contributed by atoms with Crippen molar-refractivity contribution in [3.63, 3.8) is 0 Å². The van der Waals surface area contributed by atoms with Crippen LogP contribution in [0.3, 0.4) is 0 Å². The Kier molecular flexibility index (Phi) is 8.18. The number of hydrogen-bond acceptors (Lipinski definition) is 6. The molecule has 2 aliphatic rings. The van der Waals surface area contributed by atoms with Crippen molar-refractivity contribution in [2.45, 2.75) is 25.2 Å². The minimum atomic E-state index is -0.494. The van der Waals surface area contributed by atoms with Crippen LogP contribution in [0.25, 0.3) is 22.1 Å². The van der Waals surface area contributed by atoms with Crippen molar-refractivity contribution >= 4 is 34.4 Å². The number of amides is 3. The fourth-order valence-corrected chi connectivity index (χ4v) is 6.00. The Balaban J connectivity index is 1.05. The zero-order chi connectivity index (χ0) is 31.0. The molecule has 0 saturated carbocycles. The number of fused-ring (bicyclic) bond motifs is 1. The summed E-state index contributed by atoms with van der Waals surface area (Å²) in [6.07, 6.45) is 1.23. The molecule has 0 bridgehead atoms. The van der Waals surface area contributed by atoms with Gasteiger partial charge in [-0.1, -0.05) is 24.3 Å². The summed E-state index contributed by atoms with van der Waals surface area (Å²) < 4.78 is 35.3. The molecule has 2 aliphatic heterocycles. The van der Waals surface area contributed by atoms with Gasteiger partial charge in [-0.25, -0.2) is 8.78 Å². The second-order valence-electron chi connectivity index (χ2n) is 11.6. The summed E-state index contributed by atoms with van der Waals surface area (Å²) in [7, 11) is 3.24. The van der Waals surface area contributed by atoms with E-state index in [1.807, 2.05) is 24.3 Å². The molecule has 3 amide bonds. The second kappa shape index (κ2) is 12.2. The predicted molar refractivity (Wildman–Crippen MR) is 164 cm³/mol. The van der Waals surface area contributed by atoms with E-state index in [0.717, 1.165) is 44.0 Å². The molecule has 0 spiro atoms. The van der Waals surface area contributed by atoms with Gasteiger partial charge in [0.25, 0.3) is 5.91 Å². The SMILES string of the molecule is CN(C)C(=O)c1cc2c(F)ccc(-c3ccc(N4CCN(CCc5ccc(C6CCC(=O)NC6=O)cc5F)CC4)cc3)c2o1. The first-order valence-electron chi connectivity index (χ1n) is 14.8. The Hall–Kier alpha value is -4.57. The van der Waals surface area contributed by atoms with Gasteiger partial charge in [-0.3, -0.25) is 24.6 Å². The highest BCUT2D eigenvalue weighted by atomic mass is 19.1. The van der Waals surface area contributed by atoms with Crippen LogP contribution < -0.4 is 10.2 Å². The van der Waals surface area contributed by atoms with Crippen LogP contribution in [-0.2, 0) is 16.0 Å². The van der Waals surface area contributed by atoms with Crippen LogP contribution in [-0.4, -0.2) is 74.3 Å². The van der Waals surface area contributed by atoms with Crippen LogP contribution in [0.5, 0.6) is 0 Å². The van der Waals surface area contributed by atoms with E-state index in [-0.39, 0.29) is 41.1 Å². The number of piperidine rings is 1. The summed E-state index contributed by atoms with van der Waals surface area (Å²) in [5.74, 6) is -2.13. The summed E-state index contributed by atoms with van der Waals surface area (Å²) in [5, 5.41) is 2.61. The molecule has 3 aromatic carbocycles. The topological polar surface area (TPSA) is 86.1 Å². The maximum Gasteiger partial charge on any atom is 0.289 e. The summed E-state index contributed by atoms with van der Waals surface area (Å²) in [6.45, 7) is 4.05. The van der Waals surface area contributed by atoms with Gasteiger partial charge in [0.15, 0.2) is 5.76 Å². The highest BCUT2D eigenvalue weighted by Gasteiger charge is 2.28. The van der Waals surface area contributed by atoms with E-state index < -0.39 is 11.7 Å².